The van der Waals surface area contributed by atoms with Gasteiger partial charge in [0.15, 0.2) is 0 Å². The van der Waals surface area contributed by atoms with Crippen LogP contribution >= 0.6 is 0 Å². The van der Waals surface area contributed by atoms with Gasteiger partial charge < -0.3 is 14.7 Å². The third-order valence-electron chi connectivity index (χ3n) is 3.45. The highest BCUT2D eigenvalue weighted by molar-refractivity contribution is 5.88. The molecule has 0 saturated carbocycles. The topological polar surface area (TPSA) is 62.7 Å². The minimum atomic E-state index is -0.908. The molecule has 5 heteroatoms. The molecule has 1 aliphatic heterocycles. The van der Waals surface area contributed by atoms with Crippen molar-refractivity contribution in [3.8, 4) is 0 Å². The van der Waals surface area contributed by atoms with Crippen LogP contribution in [0.5, 0.6) is 0 Å². The van der Waals surface area contributed by atoms with Gasteiger partial charge in [-0.05, 0) is 31.4 Å². The SMILES string of the molecule is CC1CN(c2cc(C(=O)O)cc(C(C)C)n2)CCCO1. The van der Waals surface area contributed by atoms with Crippen molar-refractivity contribution >= 4 is 11.8 Å². The molecule has 2 rings (SSSR count). The molecule has 20 heavy (non-hydrogen) atoms. The maximum absolute atomic E-state index is 11.3. The molecule has 0 aliphatic carbocycles. The van der Waals surface area contributed by atoms with E-state index in [4.69, 9.17) is 4.74 Å². The molecule has 0 bridgehead atoms. The van der Waals surface area contributed by atoms with Gasteiger partial charge in [-0.15, -0.1) is 0 Å². The molecule has 1 saturated heterocycles. The lowest BCUT2D eigenvalue weighted by atomic mass is 10.1. The van der Waals surface area contributed by atoms with Gasteiger partial charge in [-0.2, -0.15) is 0 Å². The average molecular weight is 278 g/mol. The minimum absolute atomic E-state index is 0.135. The predicted octanol–water partition coefficient (Wildman–Crippen LogP) is 2.52. The van der Waals surface area contributed by atoms with Gasteiger partial charge in [0.2, 0.25) is 0 Å². The second-order valence-electron chi connectivity index (χ2n) is 5.58. The van der Waals surface area contributed by atoms with Crippen molar-refractivity contribution in [3.05, 3.63) is 23.4 Å². The Balaban J connectivity index is 2.36. The number of hydrogen-bond donors (Lipinski definition) is 1. The van der Waals surface area contributed by atoms with Gasteiger partial charge in [0.25, 0.3) is 0 Å². The molecule has 1 aromatic rings. The lowest BCUT2D eigenvalue weighted by Gasteiger charge is -2.24. The number of ether oxygens (including phenoxy) is 1. The standard InChI is InChI=1S/C15H22N2O3/c1-10(2)13-7-12(15(18)19)8-14(16-13)17-5-4-6-20-11(3)9-17/h7-8,10-11H,4-6,9H2,1-3H3,(H,18,19). The quantitative estimate of drug-likeness (QED) is 0.920. The van der Waals surface area contributed by atoms with Crippen LogP contribution in [0.25, 0.3) is 0 Å². The Morgan fingerprint density at radius 3 is 2.90 bits per heavy atom. The summed E-state index contributed by atoms with van der Waals surface area (Å²) in [7, 11) is 0. The maximum atomic E-state index is 11.3. The molecule has 1 fully saturated rings. The number of pyridine rings is 1. The van der Waals surface area contributed by atoms with Crippen LogP contribution in [0.2, 0.25) is 0 Å². The van der Waals surface area contributed by atoms with Crippen LogP contribution in [0.4, 0.5) is 5.82 Å². The summed E-state index contributed by atoms with van der Waals surface area (Å²) in [4.78, 5) is 18.0. The summed E-state index contributed by atoms with van der Waals surface area (Å²) >= 11 is 0. The summed E-state index contributed by atoms with van der Waals surface area (Å²) in [5, 5.41) is 9.25. The molecule has 0 aromatic carbocycles. The number of carboxylic acids is 1. The van der Waals surface area contributed by atoms with Crippen molar-refractivity contribution in [1.29, 1.82) is 0 Å². The van der Waals surface area contributed by atoms with E-state index in [0.29, 0.717) is 5.56 Å². The van der Waals surface area contributed by atoms with Gasteiger partial charge in [-0.25, -0.2) is 9.78 Å². The first-order valence-corrected chi connectivity index (χ1v) is 7.09. The number of aromatic carboxylic acids is 1. The Morgan fingerprint density at radius 2 is 2.25 bits per heavy atom. The number of anilines is 1. The Morgan fingerprint density at radius 1 is 1.50 bits per heavy atom. The van der Waals surface area contributed by atoms with Crippen molar-refractivity contribution in [3.63, 3.8) is 0 Å². The fourth-order valence-corrected chi connectivity index (χ4v) is 2.32. The number of carboxylic acid groups (broad SMARTS) is 1. The fourth-order valence-electron chi connectivity index (χ4n) is 2.32. The van der Waals surface area contributed by atoms with Crippen LogP contribution in [0.15, 0.2) is 12.1 Å². The zero-order valence-electron chi connectivity index (χ0n) is 12.3. The average Bonchev–Trinajstić information content (AvgIpc) is 2.62. The molecular formula is C15H22N2O3. The summed E-state index contributed by atoms with van der Waals surface area (Å²) in [6.07, 6.45) is 1.07. The van der Waals surface area contributed by atoms with Crippen LogP contribution in [-0.2, 0) is 4.74 Å². The van der Waals surface area contributed by atoms with Crippen LogP contribution in [0.1, 0.15) is 49.2 Å². The molecule has 0 radical (unpaired) electrons. The molecular weight excluding hydrogens is 256 g/mol. The van der Waals surface area contributed by atoms with Gasteiger partial charge >= 0.3 is 5.97 Å². The van der Waals surface area contributed by atoms with Gasteiger partial charge in [0.05, 0.1) is 11.7 Å². The van der Waals surface area contributed by atoms with Gasteiger partial charge in [0.1, 0.15) is 5.82 Å². The first-order chi connectivity index (χ1) is 9.47. The largest absolute Gasteiger partial charge is 0.478 e. The number of rotatable bonds is 3. The molecule has 1 unspecified atom stereocenters. The van der Waals surface area contributed by atoms with E-state index in [-0.39, 0.29) is 12.0 Å². The van der Waals surface area contributed by atoms with Gasteiger partial charge in [0, 0.05) is 25.4 Å². The second kappa shape index (κ2) is 6.22. The van der Waals surface area contributed by atoms with E-state index < -0.39 is 5.97 Å². The predicted molar refractivity (Wildman–Crippen MR) is 77.5 cm³/mol. The molecule has 2 heterocycles. The van der Waals surface area contributed by atoms with E-state index in [1.54, 1.807) is 12.1 Å². The fraction of sp³-hybridized carbons (Fsp3) is 0.600. The van der Waals surface area contributed by atoms with Crippen LogP contribution in [0, 0.1) is 0 Å². The van der Waals surface area contributed by atoms with E-state index >= 15 is 0 Å². The molecule has 5 nitrogen and oxygen atoms in total. The summed E-state index contributed by atoms with van der Waals surface area (Å²) in [6.45, 7) is 8.40. The van der Waals surface area contributed by atoms with E-state index in [2.05, 4.69) is 9.88 Å². The Labute approximate surface area is 119 Å². The monoisotopic (exact) mass is 278 g/mol. The van der Waals surface area contributed by atoms with E-state index in [1.165, 1.54) is 0 Å². The third-order valence-corrected chi connectivity index (χ3v) is 3.45. The highest BCUT2D eigenvalue weighted by Gasteiger charge is 2.19. The summed E-state index contributed by atoms with van der Waals surface area (Å²) in [5.74, 6) is 0.0364. The number of carbonyl (C=O) groups is 1. The first-order valence-electron chi connectivity index (χ1n) is 7.09. The van der Waals surface area contributed by atoms with Crippen LogP contribution < -0.4 is 4.90 Å². The zero-order chi connectivity index (χ0) is 14.7. The van der Waals surface area contributed by atoms with Crippen molar-refractivity contribution in [1.82, 2.24) is 4.98 Å². The van der Waals surface area contributed by atoms with E-state index in [1.807, 2.05) is 20.8 Å². The summed E-state index contributed by atoms with van der Waals surface area (Å²) in [5.41, 5.74) is 1.12. The van der Waals surface area contributed by atoms with Crippen LogP contribution in [-0.4, -0.2) is 41.9 Å². The lowest BCUT2D eigenvalue weighted by molar-refractivity contribution is 0.0696. The van der Waals surface area contributed by atoms with E-state index in [0.717, 1.165) is 37.6 Å². The first kappa shape index (κ1) is 14.8. The summed E-state index contributed by atoms with van der Waals surface area (Å²) < 4.78 is 5.62. The third kappa shape index (κ3) is 3.48. The maximum Gasteiger partial charge on any atom is 0.335 e. The van der Waals surface area contributed by atoms with Crippen molar-refractivity contribution in [2.75, 3.05) is 24.6 Å². The Bertz CT molecular complexity index is 488. The molecule has 0 spiro atoms. The molecule has 1 atom stereocenters. The molecule has 1 N–H and O–H groups in total. The van der Waals surface area contributed by atoms with E-state index in [9.17, 15) is 9.90 Å². The van der Waals surface area contributed by atoms with Crippen molar-refractivity contribution < 1.29 is 14.6 Å². The molecule has 1 aromatic heterocycles. The Hall–Kier alpha value is -1.62. The van der Waals surface area contributed by atoms with Crippen LogP contribution in [0.3, 0.4) is 0 Å². The molecule has 1 aliphatic rings. The molecule has 0 amide bonds. The molecule has 110 valence electrons. The normalized spacial score (nSPS) is 20.0. The van der Waals surface area contributed by atoms with Crippen molar-refractivity contribution in [2.45, 2.75) is 39.2 Å². The summed E-state index contributed by atoms with van der Waals surface area (Å²) in [6, 6.07) is 3.32. The highest BCUT2D eigenvalue weighted by Crippen LogP contribution is 2.22. The van der Waals surface area contributed by atoms with Crippen molar-refractivity contribution in [2.24, 2.45) is 0 Å². The second-order valence-corrected chi connectivity index (χ2v) is 5.58. The number of hydrogen-bond acceptors (Lipinski definition) is 4. The minimum Gasteiger partial charge on any atom is -0.478 e. The zero-order valence-corrected chi connectivity index (χ0v) is 12.3. The number of aromatic nitrogens is 1. The van der Waals surface area contributed by atoms with Gasteiger partial charge in [-0.1, -0.05) is 13.8 Å². The Kier molecular flexibility index (Phi) is 4.60. The number of nitrogens with zero attached hydrogens (tertiary/aromatic N) is 2. The highest BCUT2D eigenvalue weighted by atomic mass is 16.5. The smallest absolute Gasteiger partial charge is 0.335 e. The van der Waals surface area contributed by atoms with Gasteiger partial charge in [-0.3, -0.25) is 0 Å². The lowest BCUT2D eigenvalue weighted by Crippen LogP contribution is -2.31.